The van der Waals surface area contributed by atoms with Crippen LogP contribution in [0.2, 0.25) is 0 Å². The van der Waals surface area contributed by atoms with Gasteiger partial charge in [-0.15, -0.1) is 0 Å². The van der Waals surface area contributed by atoms with Crippen molar-refractivity contribution < 1.29 is 14.2 Å². The van der Waals surface area contributed by atoms with Gasteiger partial charge in [0.1, 0.15) is 6.10 Å². The van der Waals surface area contributed by atoms with E-state index in [0.29, 0.717) is 33.1 Å². The van der Waals surface area contributed by atoms with Gasteiger partial charge >= 0.3 is 0 Å². The van der Waals surface area contributed by atoms with Gasteiger partial charge < -0.3 is 14.2 Å². The Hall–Kier alpha value is -1.38. The number of thiocarbonyl (C=S) groups is 2. The van der Waals surface area contributed by atoms with Crippen LogP contribution in [0.15, 0.2) is 82.1 Å². The molecule has 208 valence electrons. The SMILES string of the molecule is CCCCO[C@H]1CC[C@@H]2[C@H]1C1CC(C)=CC[C@@]1(COC(=S)Sc1ccccc1)[C@H]2OC(=S)Sc1ccccc1. The number of allylic oxidation sites excluding steroid dienone is 2. The Morgan fingerprint density at radius 2 is 1.62 bits per heavy atom. The van der Waals surface area contributed by atoms with Gasteiger partial charge in [0.25, 0.3) is 0 Å². The summed E-state index contributed by atoms with van der Waals surface area (Å²) in [6.07, 6.45) is 9.06. The number of benzene rings is 2. The monoisotopic (exact) mass is 598 g/mol. The topological polar surface area (TPSA) is 27.7 Å². The van der Waals surface area contributed by atoms with Crippen molar-refractivity contribution in [2.24, 2.45) is 23.2 Å². The van der Waals surface area contributed by atoms with Gasteiger partial charge in [-0.2, -0.15) is 0 Å². The average molecular weight is 599 g/mol. The van der Waals surface area contributed by atoms with Crippen LogP contribution < -0.4 is 0 Å². The molecule has 7 heteroatoms. The lowest BCUT2D eigenvalue weighted by atomic mass is 9.65. The first kappa shape index (κ1) is 29.1. The van der Waals surface area contributed by atoms with E-state index in [1.54, 1.807) is 0 Å². The van der Waals surface area contributed by atoms with Gasteiger partial charge in [0, 0.05) is 27.7 Å². The van der Waals surface area contributed by atoms with Gasteiger partial charge in [0.05, 0.1) is 12.7 Å². The molecule has 3 nitrogen and oxygen atoms in total. The fourth-order valence-corrected chi connectivity index (χ4v) is 8.88. The van der Waals surface area contributed by atoms with Gasteiger partial charge in [0.15, 0.2) is 0 Å². The van der Waals surface area contributed by atoms with E-state index in [-0.39, 0.29) is 17.6 Å². The van der Waals surface area contributed by atoms with Crippen LogP contribution in [0.25, 0.3) is 0 Å². The number of rotatable bonds is 9. The van der Waals surface area contributed by atoms with Gasteiger partial charge in [-0.1, -0.05) is 61.4 Å². The summed E-state index contributed by atoms with van der Waals surface area (Å²) < 4.78 is 21.0. The highest BCUT2D eigenvalue weighted by atomic mass is 32.2. The van der Waals surface area contributed by atoms with E-state index in [2.05, 4.69) is 44.2 Å². The number of fused-ring (bicyclic) bond motifs is 3. The molecule has 0 heterocycles. The van der Waals surface area contributed by atoms with E-state index in [1.165, 1.54) is 29.1 Å². The van der Waals surface area contributed by atoms with E-state index in [0.717, 1.165) is 54.9 Å². The maximum Gasteiger partial charge on any atom is 0.225 e. The molecule has 3 aliphatic carbocycles. The summed E-state index contributed by atoms with van der Waals surface area (Å²) in [5.74, 6) is 1.26. The first-order chi connectivity index (χ1) is 19.0. The summed E-state index contributed by atoms with van der Waals surface area (Å²) in [5.41, 5.74) is 1.27. The van der Waals surface area contributed by atoms with Crippen LogP contribution in [-0.4, -0.2) is 34.2 Å². The summed E-state index contributed by atoms with van der Waals surface area (Å²) in [4.78, 5) is 2.20. The zero-order chi connectivity index (χ0) is 27.2. The second kappa shape index (κ2) is 13.5. The third kappa shape index (κ3) is 6.75. The smallest absolute Gasteiger partial charge is 0.225 e. The van der Waals surface area contributed by atoms with Crippen molar-refractivity contribution in [3.8, 4) is 0 Å². The summed E-state index contributed by atoms with van der Waals surface area (Å²) in [6, 6.07) is 20.5. The molecule has 2 aromatic carbocycles. The lowest BCUT2D eigenvalue weighted by Crippen LogP contribution is -2.46. The van der Waals surface area contributed by atoms with Crippen molar-refractivity contribution in [2.45, 2.75) is 74.4 Å². The number of unbranched alkanes of at least 4 members (excludes halogenated alkanes) is 1. The molecule has 39 heavy (non-hydrogen) atoms. The molecule has 0 aliphatic heterocycles. The third-order valence-electron chi connectivity index (χ3n) is 8.64. The van der Waals surface area contributed by atoms with E-state index < -0.39 is 0 Å². The van der Waals surface area contributed by atoms with E-state index in [4.69, 9.17) is 38.6 Å². The Bertz CT molecular complexity index is 1150. The van der Waals surface area contributed by atoms with Crippen LogP contribution >= 0.6 is 48.0 Å². The minimum Gasteiger partial charge on any atom is -0.478 e. The zero-order valence-electron chi connectivity index (χ0n) is 22.8. The van der Waals surface area contributed by atoms with Crippen LogP contribution in [-0.2, 0) is 14.2 Å². The van der Waals surface area contributed by atoms with Gasteiger partial charge in [-0.05, 0) is 123 Å². The van der Waals surface area contributed by atoms with Crippen LogP contribution in [0.5, 0.6) is 0 Å². The van der Waals surface area contributed by atoms with Gasteiger partial charge in [-0.3, -0.25) is 0 Å². The Labute approximate surface area is 252 Å². The van der Waals surface area contributed by atoms with Crippen molar-refractivity contribution in [3.05, 3.63) is 72.3 Å². The highest BCUT2D eigenvalue weighted by Crippen LogP contribution is 2.63. The van der Waals surface area contributed by atoms with Crippen molar-refractivity contribution >= 4 is 56.7 Å². The summed E-state index contributed by atoms with van der Waals surface area (Å²) in [6.45, 7) is 5.86. The van der Waals surface area contributed by atoms with E-state index in [9.17, 15) is 0 Å². The lowest BCUT2D eigenvalue weighted by molar-refractivity contribution is -0.0366. The normalized spacial score (nSPS) is 29.3. The minimum absolute atomic E-state index is 0.0233. The molecular formula is C32H38O3S4. The maximum atomic E-state index is 6.84. The number of hydrogen-bond donors (Lipinski definition) is 0. The standard InChI is InChI=1S/C32H38O3S4/c1-3-4-19-33-27-16-15-25-28(27)26-20-22(2)17-18-32(26,21-34-30(36)38-23-11-7-5-8-12-23)29(25)35-31(37)39-24-13-9-6-10-14-24/h5-14,17,25-29H,3-4,15-16,18-21H2,1-2H3/t25-,26?,27+,28+,29+,32+/m1/s1. The Morgan fingerprint density at radius 1 is 0.949 bits per heavy atom. The first-order valence-electron chi connectivity index (χ1n) is 14.1. The molecule has 3 aliphatic rings. The molecule has 0 saturated heterocycles. The highest BCUT2D eigenvalue weighted by Gasteiger charge is 2.66. The molecule has 0 N–H and O–H groups in total. The molecule has 0 spiro atoms. The number of hydrogen-bond acceptors (Lipinski definition) is 7. The molecule has 2 saturated carbocycles. The second-order valence-corrected chi connectivity index (χ2v) is 14.4. The van der Waals surface area contributed by atoms with Crippen LogP contribution in [0, 0.1) is 23.2 Å². The zero-order valence-corrected chi connectivity index (χ0v) is 26.0. The Morgan fingerprint density at radius 3 is 2.28 bits per heavy atom. The second-order valence-electron chi connectivity index (χ2n) is 11.0. The molecule has 6 atom stereocenters. The van der Waals surface area contributed by atoms with Crippen molar-refractivity contribution in [3.63, 3.8) is 0 Å². The fourth-order valence-electron chi connectivity index (χ4n) is 6.90. The maximum absolute atomic E-state index is 6.84. The molecule has 5 rings (SSSR count). The van der Waals surface area contributed by atoms with Crippen molar-refractivity contribution in [1.82, 2.24) is 0 Å². The molecule has 0 radical (unpaired) electrons. The predicted octanol–water partition coefficient (Wildman–Crippen LogP) is 9.11. The van der Waals surface area contributed by atoms with Crippen molar-refractivity contribution in [1.29, 1.82) is 0 Å². The Kier molecular flexibility index (Phi) is 10.1. The van der Waals surface area contributed by atoms with E-state index in [1.807, 2.05) is 36.4 Å². The largest absolute Gasteiger partial charge is 0.478 e. The molecule has 1 unspecified atom stereocenters. The number of thioether (sulfide) groups is 2. The fraction of sp³-hybridized carbons (Fsp3) is 0.500. The van der Waals surface area contributed by atoms with Crippen LogP contribution in [0.1, 0.15) is 52.4 Å². The predicted molar refractivity (Wildman–Crippen MR) is 170 cm³/mol. The third-order valence-corrected chi connectivity index (χ3v) is 10.9. The summed E-state index contributed by atoms with van der Waals surface area (Å²) >= 11 is 14.6. The summed E-state index contributed by atoms with van der Waals surface area (Å²) in [7, 11) is 0. The van der Waals surface area contributed by atoms with Gasteiger partial charge in [0.2, 0.25) is 8.77 Å². The first-order valence-corrected chi connectivity index (χ1v) is 16.6. The van der Waals surface area contributed by atoms with Gasteiger partial charge in [-0.25, -0.2) is 0 Å². The minimum atomic E-state index is -0.190. The van der Waals surface area contributed by atoms with Crippen LogP contribution in [0.4, 0.5) is 0 Å². The molecule has 0 bridgehead atoms. The molecule has 2 fully saturated rings. The average Bonchev–Trinajstić information content (AvgIpc) is 3.46. The molecule has 2 aromatic rings. The quantitative estimate of drug-likeness (QED) is 0.123. The highest BCUT2D eigenvalue weighted by molar-refractivity contribution is 8.23. The Balaban J connectivity index is 1.40. The summed E-state index contributed by atoms with van der Waals surface area (Å²) in [5, 5.41) is 0. The molecular weight excluding hydrogens is 561 g/mol. The molecule has 0 amide bonds. The van der Waals surface area contributed by atoms with Crippen molar-refractivity contribution in [2.75, 3.05) is 13.2 Å². The lowest BCUT2D eigenvalue weighted by Gasteiger charge is -2.44. The molecule has 0 aromatic heterocycles. The number of ether oxygens (including phenoxy) is 3. The van der Waals surface area contributed by atoms with Crippen LogP contribution in [0.3, 0.4) is 0 Å². The van der Waals surface area contributed by atoms with E-state index >= 15 is 0 Å².